The van der Waals surface area contributed by atoms with E-state index < -0.39 is 20.8 Å². The Bertz CT molecular complexity index is 689. The first-order valence-corrected chi connectivity index (χ1v) is 14.0. The minimum absolute atomic E-state index is 0.826. The molecule has 1 aliphatic carbocycles. The topological polar surface area (TPSA) is 4.93 Å². The second-order valence-corrected chi connectivity index (χ2v) is 8.95. The van der Waals surface area contributed by atoms with E-state index in [0.717, 1.165) is 6.42 Å². The molecule has 0 amide bonds. The largest absolute Gasteiger partial charge is 0.338 e. The monoisotopic (exact) mass is 423 g/mol. The summed E-state index contributed by atoms with van der Waals surface area (Å²) >= 11 is -0.826. The van der Waals surface area contributed by atoms with Crippen LogP contribution in [0.3, 0.4) is 0 Å². The van der Waals surface area contributed by atoms with Crippen LogP contribution in [-0.2, 0) is 20.8 Å². The third kappa shape index (κ3) is 5.60. The Kier molecular flexibility index (Phi) is 8.34. The van der Waals surface area contributed by atoms with Gasteiger partial charge in [-0.2, -0.15) is 6.08 Å². The summed E-state index contributed by atoms with van der Waals surface area (Å²) in [7, 11) is 11.1. The van der Waals surface area contributed by atoms with Crippen LogP contribution in [0.15, 0.2) is 72.5 Å². The Labute approximate surface area is 151 Å². The summed E-state index contributed by atoms with van der Waals surface area (Å²) in [6, 6.07) is 12.9. The molecule has 3 aromatic rings. The second kappa shape index (κ2) is 10.3. The van der Waals surface area contributed by atoms with Crippen LogP contribution in [0.25, 0.3) is 16.5 Å². The maximum absolute atomic E-state index is 4.93. The average Bonchev–Trinajstić information content (AvgIpc) is 3.29. The number of benzene rings is 1. The van der Waals surface area contributed by atoms with Crippen molar-refractivity contribution in [2.45, 2.75) is 6.42 Å². The summed E-state index contributed by atoms with van der Waals surface area (Å²) in [5, 5.41) is 2.63. The van der Waals surface area contributed by atoms with Crippen molar-refractivity contribution < 1.29 is 20.8 Å². The van der Waals surface area contributed by atoms with E-state index in [1.54, 1.807) is 0 Å². The van der Waals surface area contributed by atoms with Gasteiger partial charge in [0.2, 0.25) is 0 Å². The zero-order valence-corrected chi connectivity index (χ0v) is 16.6. The van der Waals surface area contributed by atoms with Crippen LogP contribution in [-0.4, -0.2) is 4.57 Å². The number of halogens is 2. The molecule has 1 heterocycles. The SMILES string of the molecule is [C-]1=CC=CC1.[Cl][Zr+2][Cl].c1ccc2[cH-]c(-n3ccpc3)cc2c1. The van der Waals surface area contributed by atoms with E-state index in [-0.39, 0.29) is 0 Å². The first kappa shape index (κ1) is 17.8. The zero-order chi connectivity index (χ0) is 15.6. The molecule has 0 radical (unpaired) electrons. The van der Waals surface area contributed by atoms with Crippen molar-refractivity contribution in [2.24, 2.45) is 0 Å². The van der Waals surface area contributed by atoms with Crippen molar-refractivity contribution in [1.29, 1.82) is 0 Å². The van der Waals surface area contributed by atoms with Crippen LogP contribution in [0.2, 0.25) is 0 Å². The van der Waals surface area contributed by atoms with Gasteiger partial charge in [0, 0.05) is 12.1 Å². The van der Waals surface area contributed by atoms with Gasteiger partial charge in [0.1, 0.15) is 0 Å². The summed E-state index contributed by atoms with van der Waals surface area (Å²) < 4.78 is 2.17. The smallest absolute Gasteiger partial charge is 0.0344 e. The maximum atomic E-state index is 4.93. The molecule has 1 nitrogen and oxygen atoms in total. The number of hydrogen-bond acceptors (Lipinski definition) is 0. The number of fused-ring (bicyclic) bond motifs is 1. The van der Waals surface area contributed by atoms with Crippen molar-refractivity contribution >= 4 is 36.0 Å². The predicted octanol–water partition coefficient (Wildman–Crippen LogP) is 6.61. The van der Waals surface area contributed by atoms with E-state index in [0.29, 0.717) is 0 Å². The fourth-order valence-corrected chi connectivity index (χ4v) is 2.69. The van der Waals surface area contributed by atoms with Crippen LogP contribution in [0.1, 0.15) is 6.42 Å². The van der Waals surface area contributed by atoms with Gasteiger partial charge >= 0.3 is 37.9 Å². The van der Waals surface area contributed by atoms with Gasteiger partial charge in [0.15, 0.2) is 0 Å². The number of hydrogen-bond donors (Lipinski definition) is 0. The molecule has 0 saturated carbocycles. The van der Waals surface area contributed by atoms with Crippen LogP contribution < -0.4 is 0 Å². The Balaban J connectivity index is 0.000000184. The molecule has 0 atom stereocenters. The first-order valence-electron chi connectivity index (χ1n) is 6.67. The standard InChI is InChI=1S/C12H9NP.C5H5.2ClH.Zr/c1-2-4-11-8-12(7-10(11)3-1)13-5-6-14-9-13;1-2-4-5-3-1;;;/h1-9H;1-3H,4H2;2*1H;/q2*-1;;;+4/p-2. The van der Waals surface area contributed by atoms with Crippen LogP contribution in [0.5, 0.6) is 0 Å². The molecule has 5 heteroatoms. The molecule has 2 aromatic carbocycles. The molecule has 0 fully saturated rings. The van der Waals surface area contributed by atoms with Gasteiger partial charge in [0.25, 0.3) is 0 Å². The van der Waals surface area contributed by atoms with E-state index >= 15 is 0 Å². The van der Waals surface area contributed by atoms with Crippen LogP contribution in [0.4, 0.5) is 0 Å². The number of rotatable bonds is 1. The molecule has 0 saturated heterocycles. The maximum Gasteiger partial charge on any atom is 0.0344 e. The Morgan fingerprint density at radius 1 is 1.27 bits per heavy atom. The van der Waals surface area contributed by atoms with Crippen LogP contribution >= 0.6 is 25.2 Å². The van der Waals surface area contributed by atoms with E-state index in [9.17, 15) is 0 Å². The summed E-state index contributed by atoms with van der Waals surface area (Å²) in [5.41, 5.74) is 1.26. The van der Waals surface area contributed by atoms with Crippen molar-refractivity contribution in [3.63, 3.8) is 0 Å². The molecule has 0 spiro atoms. The van der Waals surface area contributed by atoms with Gasteiger partial charge in [-0.15, -0.1) is 47.5 Å². The zero-order valence-electron chi connectivity index (χ0n) is 11.8. The third-order valence-corrected chi connectivity index (χ3v) is 3.68. The van der Waals surface area contributed by atoms with Crippen molar-refractivity contribution in [2.75, 3.05) is 0 Å². The number of nitrogens with zero attached hydrogens (tertiary/aromatic N) is 1. The van der Waals surface area contributed by atoms with Gasteiger partial charge in [-0.3, -0.25) is 6.08 Å². The quantitative estimate of drug-likeness (QED) is 0.387. The molecule has 0 unspecified atom stereocenters. The predicted molar refractivity (Wildman–Crippen MR) is 94.7 cm³/mol. The van der Waals surface area contributed by atoms with Gasteiger partial charge in [-0.05, 0) is 11.5 Å². The normalized spacial score (nSPS) is 11.7. The van der Waals surface area contributed by atoms with E-state index in [2.05, 4.69) is 71.0 Å². The van der Waals surface area contributed by atoms with Gasteiger partial charge in [-0.25, -0.2) is 12.2 Å². The van der Waals surface area contributed by atoms with Crippen LogP contribution in [0, 0.1) is 6.08 Å². The third-order valence-electron chi connectivity index (χ3n) is 2.99. The Morgan fingerprint density at radius 3 is 2.64 bits per heavy atom. The number of allylic oxidation sites excluding steroid dienone is 4. The summed E-state index contributed by atoms with van der Waals surface area (Å²) in [6.07, 6.45) is 12.1. The minimum atomic E-state index is -0.826. The molecule has 110 valence electrons. The fraction of sp³-hybridized carbons (Fsp3) is 0.0588. The van der Waals surface area contributed by atoms with Gasteiger partial charge in [0.05, 0.1) is 0 Å². The molecule has 22 heavy (non-hydrogen) atoms. The Morgan fingerprint density at radius 2 is 2.09 bits per heavy atom. The fourth-order valence-electron chi connectivity index (χ4n) is 2.04. The van der Waals surface area contributed by atoms with Gasteiger partial charge < -0.3 is 4.57 Å². The van der Waals surface area contributed by atoms with Crippen molar-refractivity contribution in [3.8, 4) is 5.69 Å². The Hall–Kier alpha value is -0.517. The molecule has 1 aliphatic rings. The average molecular weight is 425 g/mol. The number of aromatic nitrogens is 1. The summed E-state index contributed by atoms with van der Waals surface area (Å²) in [6.45, 7) is 0. The van der Waals surface area contributed by atoms with Crippen molar-refractivity contribution in [3.05, 3.63) is 78.6 Å². The molecule has 4 rings (SSSR count). The van der Waals surface area contributed by atoms with Gasteiger partial charge in [-0.1, -0.05) is 14.3 Å². The molecule has 0 aliphatic heterocycles. The molecular formula is C17H14Cl2NPZr. The molecule has 0 N–H and O–H groups in total. The van der Waals surface area contributed by atoms with Crippen molar-refractivity contribution in [1.82, 2.24) is 4.57 Å². The summed E-state index contributed by atoms with van der Waals surface area (Å²) in [5.74, 6) is 4.30. The van der Waals surface area contributed by atoms with E-state index in [1.165, 1.54) is 24.7 Å². The second-order valence-electron chi connectivity index (χ2n) is 4.39. The molecular weight excluding hydrogens is 411 g/mol. The molecule has 0 bridgehead atoms. The summed E-state index contributed by atoms with van der Waals surface area (Å²) in [4.78, 5) is 0. The van der Waals surface area contributed by atoms with E-state index in [1.807, 2.05) is 12.2 Å². The first-order chi connectivity index (χ1) is 10.8. The minimum Gasteiger partial charge on any atom is -0.338 e. The van der Waals surface area contributed by atoms with E-state index in [4.69, 9.17) is 17.0 Å². The molecule has 1 aromatic heterocycles.